The molecule has 0 aromatic heterocycles. The first-order valence-corrected chi connectivity index (χ1v) is 8.19. The predicted octanol–water partition coefficient (Wildman–Crippen LogP) is 0.916. The molecule has 0 aromatic rings. The van der Waals surface area contributed by atoms with Gasteiger partial charge in [-0.25, -0.2) is 0 Å². The fourth-order valence-corrected chi connectivity index (χ4v) is 0. The van der Waals surface area contributed by atoms with Gasteiger partial charge in [-0.1, -0.05) is 0 Å². The van der Waals surface area contributed by atoms with E-state index in [1.165, 1.54) is 0 Å². The Morgan fingerprint density at radius 1 is 1.00 bits per heavy atom. The third-order valence-electron chi connectivity index (χ3n) is 0. The van der Waals surface area contributed by atoms with Crippen molar-refractivity contribution in [3.8, 4) is 0 Å². The molecule has 0 atom stereocenters. The van der Waals surface area contributed by atoms with E-state index < -0.39 is 14.9 Å². The molecule has 0 amide bonds. The van der Waals surface area contributed by atoms with Gasteiger partial charge in [-0.3, -0.25) is 0 Å². The zero-order valence-electron chi connectivity index (χ0n) is 2.83. The van der Waals surface area contributed by atoms with Crippen LogP contribution in [0.1, 0.15) is 0 Å². The van der Waals surface area contributed by atoms with Crippen LogP contribution in [0.3, 0.4) is 0 Å². The van der Waals surface area contributed by atoms with Crippen molar-refractivity contribution >= 4 is 46.6 Å². The Labute approximate surface area is 67.2 Å². The van der Waals surface area contributed by atoms with Gasteiger partial charge in [0.25, 0.3) is 0 Å². The molecule has 6 heteroatoms. The summed E-state index contributed by atoms with van der Waals surface area (Å²) < 4.78 is 0. The minimum atomic E-state index is -0.583. The van der Waals surface area contributed by atoms with Gasteiger partial charge < -0.3 is 33.1 Å². The Balaban J connectivity index is -0.00000000667. The van der Waals surface area contributed by atoms with E-state index in [0.717, 1.165) is 0 Å². The Bertz CT molecular complexity index is 28.5. The standard InChI is InChI=1S/H3N.2H2S.2S.W/h1H3;2*1H2;;;/p-2. The summed E-state index contributed by atoms with van der Waals surface area (Å²) in [5, 5.41) is 0. The fourth-order valence-electron chi connectivity index (χ4n) is 0. The van der Waals surface area contributed by atoms with Crippen LogP contribution in [0.4, 0.5) is 0 Å². The summed E-state index contributed by atoms with van der Waals surface area (Å²) in [7, 11) is 8.75. The van der Waals surface area contributed by atoms with Crippen LogP contribution in [-0.4, -0.2) is 0 Å². The van der Waals surface area contributed by atoms with Crippen LogP contribution in [-0.2, 0) is 41.9 Å². The molecule has 0 spiro atoms. The number of hydrogen-bond acceptors (Lipinski definition) is 5. The van der Waals surface area contributed by atoms with Crippen molar-refractivity contribution in [1.82, 2.24) is 6.15 Å². The van der Waals surface area contributed by atoms with E-state index in [0.29, 0.717) is 0 Å². The molecule has 0 bridgehead atoms. The first-order chi connectivity index (χ1) is 1.41. The molecule has 0 radical (unpaired) electrons. The molecule has 1 nitrogen and oxygen atoms in total. The molecular formula is H5NS4W-2. The zero-order chi connectivity index (χ0) is 2.71. The van der Waals surface area contributed by atoms with E-state index >= 15 is 0 Å². The molecule has 0 aliphatic carbocycles. The zero-order valence-corrected chi connectivity index (χ0v) is 9.18. The first kappa shape index (κ1) is 25.0. The van der Waals surface area contributed by atoms with E-state index in [2.05, 4.69) is 19.6 Å². The molecule has 0 fully saturated rings. The molecule has 0 unspecified atom stereocenters. The van der Waals surface area contributed by atoms with Crippen molar-refractivity contribution < 1.29 is 14.9 Å². The average molecular weight is 331 g/mol. The van der Waals surface area contributed by atoms with Gasteiger partial charge in [-0.05, 0) is 0 Å². The first-order valence-electron chi connectivity index (χ1n) is 0.333. The molecule has 0 aromatic carbocycles. The molecule has 3 N–H and O–H groups in total. The van der Waals surface area contributed by atoms with Crippen molar-refractivity contribution in [3.63, 3.8) is 0 Å². The van der Waals surface area contributed by atoms with Crippen molar-refractivity contribution in [3.05, 3.63) is 0 Å². The van der Waals surface area contributed by atoms with Gasteiger partial charge in [0.2, 0.25) is 0 Å². The molecule has 0 saturated heterocycles. The average Bonchev–Trinajstić information content (AvgIpc) is 0.918. The Kier molecular flexibility index (Phi) is 122. The van der Waals surface area contributed by atoms with Gasteiger partial charge in [-0.15, -0.1) is 0 Å². The molecule has 0 aliphatic rings. The summed E-state index contributed by atoms with van der Waals surface area (Å²) >= 11 is -0.583. The predicted molar refractivity (Wildman–Crippen MR) is 37.7 cm³/mol. The van der Waals surface area contributed by atoms with Gasteiger partial charge in [0.05, 0.1) is 0 Å². The third kappa shape index (κ3) is 41.5. The molecule has 6 heavy (non-hydrogen) atoms. The summed E-state index contributed by atoms with van der Waals surface area (Å²) in [6, 6.07) is 0. The van der Waals surface area contributed by atoms with Crippen LogP contribution in [0, 0.1) is 0 Å². The van der Waals surface area contributed by atoms with Crippen molar-refractivity contribution in [2.75, 3.05) is 0 Å². The summed E-state index contributed by atoms with van der Waals surface area (Å²) in [6.45, 7) is 0. The van der Waals surface area contributed by atoms with Gasteiger partial charge in [0.15, 0.2) is 0 Å². The van der Waals surface area contributed by atoms with E-state index in [9.17, 15) is 0 Å². The van der Waals surface area contributed by atoms with E-state index in [1.54, 1.807) is 0 Å². The maximum atomic E-state index is 4.38. The summed E-state index contributed by atoms with van der Waals surface area (Å²) in [6.07, 6.45) is 0. The molecule has 0 heterocycles. The monoisotopic (exact) mass is 331 g/mol. The molecule has 0 rings (SSSR count). The van der Waals surface area contributed by atoms with Gasteiger partial charge in [0, 0.05) is 0 Å². The Hall–Kier alpha value is 1.79. The van der Waals surface area contributed by atoms with E-state index in [-0.39, 0.29) is 33.1 Å². The molecule has 42 valence electrons. The van der Waals surface area contributed by atoms with Crippen molar-refractivity contribution in [2.24, 2.45) is 0 Å². The molecule has 0 saturated carbocycles. The van der Waals surface area contributed by atoms with E-state index in [1.807, 2.05) is 0 Å². The maximum absolute atomic E-state index is 4.38. The Morgan fingerprint density at radius 3 is 1.00 bits per heavy atom. The number of hydrogen-bond donors (Lipinski definition) is 1. The van der Waals surface area contributed by atoms with Gasteiger partial charge in [0.1, 0.15) is 0 Å². The van der Waals surface area contributed by atoms with Crippen molar-refractivity contribution in [1.29, 1.82) is 0 Å². The molecule has 0 aliphatic heterocycles. The van der Waals surface area contributed by atoms with Gasteiger partial charge >= 0.3 is 34.6 Å². The Morgan fingerprint density at radius 2 is 1.00 bits per heavy atom. The summed E-state index contributed by atoms with van der Waals surface area (Å²) in [4.78, 5) is 0. The second-order valence-electron chi connectivity index (χ2n) is 0.0680. The van der Waals surface area contributed by atoms with Crippen LogP contribution in [0.15, 0.2) is 0 Å². The third-order valence-corrected chi connectivity index (χ3v) is 0. The van der Waals surface area contributed by atoms with Crippen molar-refractivity contribution in [2.45, 2.75) is 0 Å². The van der Waals surface area contributed by atoms with Crippen LogP contribution >= 0.6 is 19.6 Å². The number of thiol groups is 2. The van der Waals surface area contributed by atoms with Crippen LogP contribution in [0.5, 0.6) is 0 Å². The van der Waals surface area contributed by atoms with Crippen LogP contribution in [0.2, 0.25) is 0 Å². The topological polar surface area (TPSA) is 35.0 Å². The molecular weight excluding hydrogens is 326 g/mol. The number of rotatable bonds is 0. The minimum absolute atomic E-state index is 0. The van der Waals surface area contributed by atoms with Crippen LogP contribution < -0.4 is 6.15 Å². The second kappa shape index (κ2) is 29.3. The van der Waals surface area contributed by atoms with E-state index in [4.69, 9.17) is 0 Å². The normalized spacial score (nSPS) is 2.00. The second-order valence-corrected chi connectivity index (χ2v) is 5.01. The summed E-state index contributed by atoms with van der Waals surface area (Å²) in [5.41, 5.74) is 0. The quantitative estimate of drug-likeness (QED) is 0.527. The summed E-state index contributed by atoms with van der Waals surface area (Å²) in [5.74, 6) is 0. The fraction of sp³-hybridized carbons (Fsp3) is 0. The SMILES string of the molecule is N.[SH-].[SH-].[S]=[W]=[S]. The van der Waals surface area contributed by atoms with Crippen LogP contribution in [0.25, 0.3) is 0 Å². The van der Waals surface area contributed by atoms with Gasteiger partial charge in [-0.2, -0.15) is 0 Å².